The third-order valence-electron chi connectivity index (χ3n) is 3.15. The van der Waals surface area contributed by atoms with Gasteiger partial charge in [-0.2, -0.15) is 0 Å². The maximum absolute atomic E-state index is 2.42. The molecule has 0 unspecified atom stereocenters. The van der Waals surface area contributed by atoms with Crippen molar-refractivity contribution in [2.24, 2.45) is 7.05 Å². The zero-order valence-electron chi connectivity index (χ0n) is 10.2. The monoisotopic (exact) mass is 330 g/mol. The maximum Gasteiger partial charge on any atom is 0.253 e. The molecule has 0 radical (unpaired) electrons. The van der Waals surface area contributed by atoms with E-state index in [1.807, 2.05) is 0 Å². The van der Waals surface area contributed by atoms with E-state index in [0.29, 0.717) is 0 Å². The Morgan fingerprint density at radius 3 is 2.62 bits per heavy atom. The number of para-hydroxylation sites is 2. The Labute approximate surface area is 114 Å². The number of imidazole rings is 1. The van der Waals surface area contributed by atoms with Gasteiger partial charge in [-0.25, -0.2) is 9.13 Å². The van der Waals surface area contributed by atoms with E-state index in [9.17, 15) is 0 Å². The molecule has 0 spiro atoms. The highest BCUT2D eigenvalue weighted by Gasteiger charge is 2.17. The number of hydrogen-bond acceptors (Lipinski definition) is 0. The fraction of sp³-hybridized carbons (Fsp3) is 0.462. The Morgan fingerprint density at radius 1 is 1.25 bits per heavy atom. The van der Waals surface area contributed by atoms with Crippen LogP contribution in [0.4, 0.5) is 0 Å². The van der Waals surface area contributed by atoms with E-state index in [0.717, 1.165) is 6.54 Å². The average Bonchev–Trinajstić information content (AvgIpc) is 2.51. The van der Waals surface area contributed by atoms with Crippen LogP contribution in [0.3, 0.4) is 0 Å². The number of fused-ring (bicyclic) bond motifs is 1. The molecule has 0 fully saturated rings. The van der Waals surface area contributed by atoms with Crippen LogP contribution in [0.5, 0.6) is 0 Å². The zero-order chi connectivity index (χ0) is 10.8. The van der Waals surface area contributed by atoms with E-state index in [1.165, 1.54) is 29.7 Å². The van der Waals surface area contributed by atoms with Crippen molar-refractivity contribution in [3.05, 3.63) is 30.1 Å². The summed E-state index contributed by atoms with van der Waals surface area (Å²) in [6.45, 7) is 5.56. The van der Waals surface area contributed by atoms with Crippen LogP contribution in [-0.4, -0.2) is 4.57 Å². The minimum Gasteiger partial charge on any atom is -1.00 e. The summed E-state index contributed by atoms with van der Waals surface area (Å²) in [5.41, 5.74) is 2.68. The van der Waals surface area contributed by atoms with E-state index >= 15 is 0 Å². The number of rotatable bonds is 3. The molecule has 0 amide bonds. The number of nitrogens with zero attached hydrogens (tertiary/aromatic N) is 2. The van der Waals surface area contributed by atoms with Crippen molar-refractivity contribution in [3.63, 3.8) is 0 Å². The number of benzene rings is 1. The van der Waals surface area contributed by atoms with Crippen LogP contribution < -0.4 is 28.5 Å². The fourth-order valence-corrected chi connectivity index (χ4v) is 2.10. The SMILES string of the molecule is CCCC[n+]1c(C)n(C)c2ccccc21.[I-]. The molecule has 3 heteroatoms. The lowest BCUT2D eigenvalue weighted by Gasteiger charge is -1.97. The van der Waals surface area contributed by atoms with Gasteiger partial charge in [-0.1, -0.05) is 25.5 Å². The van der Waals surface area contributed by atoms with Gasteiger partial charge in [0.15, 0.2) is 11.0 Å². The first-order chi connectivity index (χ1) is 7.25. The largest absolute Gasteiger partial charge is 1.00 e. The minimum atomic E-state index is 0. The first-order valence-electron chi connectivity index (χ1n) is 5.69. The molecule has 0 atom stereocenters. The smallest absolute Gasteiger partial charge is 0.253 e. The number of hydrogen-bond donors (Lipinski definition) is 0. The molecule has 0 saturated carbocycles. The first kappa shape index (κ1) is 13.5. The van der Waals surface area contributed by atoms with Gasteiger partial charge in [-0.05, 0) is 18.6 Å². The van der Waals surface area contributed by atoms with Crippen molar-refractivity contribution in [1.29, 1.82) is 0 Å². The highest BCUT2D eigenvalue weighted by Crippen LogP contribution is 2.12. The van der Waals surface area contributed by atoms with Crippen molar-refractivity contribution in [2.75, 3.05) is 0 Å². The van der Waals surface area contributed by atoms with Crippen LogP contribution in [0.2, 0.25) is 0 Å². The lowest BCUT2D eigenvalue weighted by molar-refractivity contribution is -0.678. The van der Waals surface area contributed by atoms with Crippen molar-refractivity contribution >= 4 is 11.0 Å². The van der Waals surface area contributed by atoms with Crippen LogP contribution in [0.25, 0.3) is 11.0 Å². The van der Waals surface area contributed by atoms with Crippen LogP contribution in [-0.2, 0) is 13.6 Å². The summed E-state index contributed by atoms with van der Waals surface area (Å²) in [6.07, 6.45) is 2.50. The second-order valence-electron chi connectivity index (χ2n) is 4.10. The van der Waals surface area contributed by atoms with Crippen molar-refractivity contribution < 1.29 is 28.5 Å². The molecule has 16 heavy (non-hydrogen) atoms. The second kappa shape index (κ2) is 5.66. The summed E-state index contributed by atoms with van der Waals surface area (Å²) in [5, 5.41) is 0. The molecule has 0 N–H and O–H groups in total. The van der Waals surface area contributed by atoms with Crippen LogP contribution in [0.15, 0.2) is 24.3 Å². The Kier molecular flexibility index (Phi) is 4.77. The quantitative estimate of drug-likeness (QED) is 0.534. The highest BCUT2D eigenvalue weighted by molar-refractivity contribution is 5.71. The lowest BCUT2D eigenvalue weighted by atomic mass is 10.3. The van der Waals surface area contributed by atoms with Crippen molar-refractivity contribution in [2.45, 2.75) is 33.2 Å². The Hall–Kier alpha value is -0.580. The molecular weight excluding hydrogens is 311 g/mol. The Balaban J connectivity index is 0.00000128. The molecule has 1 heterocycles. The number of unbranched alkanes of at least 4 members (excludes halogenated alkanes) is 1. The topological polar surface area (TPSA) is 8.81 Å². The fourth-order valence-electron chi connectivity index (χ4n) is 2.10. The third-order valence-corrected chi connectivity index (χ3v) is 3.15. The third kappa shape index (κ3) is 2.24. The molecule has 2 rings (SSSR count). The molecule has 0 saturated heterocycles. The van der Waals surface area contributed by atoms with E-state index in [2.05, 4.69) is 54.3 Å². The molecule has 2 aromatic rings. The second-order valence-corrected chi connectivity index (χ2v) is 4.10. The molecule has 2 nitrogen and oxygen atoms in total. The lowest BCUT2D eigenvalue weighted by Crippen LogP contribution is -3.00. The van der Waals surface area contributed by atoms with E-state index in [1.54, 1.807) is 0 Å². The summed E-state index contributed by atoms with van der Waals surface area (Å²) in [5.74, 6) is 1.34. The number of halogens is 1. The molecule has 0 bridgehead atoms. The summed E-state index contributed by atoms with van der Waals surface area (Å²) in [4.78, 5) is 0. The molecule has 88 valence electrons. The van der Waals surface area contributed by atoms with Gasteiger partial charge in [0, 0.05) is 6.92 Å². The summed E-state index contributed by atoms with van der Waals surface area (Å²) in [7, 11) is 2.14. The molecular formula is C13H19IN2. The Morgan fingerprint density at radius 2 is 1.94 bits per heavy atom. The van der Waals surface area contributed by atoms with E-state index in [4.69, 9.17) is 0 Å². The van der Waals surface area contributed by atoms with Gasteiger partial charge >= 0.3 is 0 Å². The molecule has 0 aliphatic rings. The van der Waals surface area contributed by atoms with E-state index in [-0.39, 0.29) is 24.0 Å². The zero-order valence-corrected chi connectivity index (χ0v) is 12.4. The standard InChI is InChI=1S/C13H19N2.HI/c1-4-5-10-15-11(2)14(3)12-8-6-7-9-13(12)15;/h6-9H,4-5,10H2,1-3H3;1H/q+1;/p-1. The predicted octanol–water partition coefficient (Wildman–Crippen LogP) is -0.422. The first-order valence-corrected chi connectivity index (χ1v) is 5.69. The summed E-state index contributed by atoms with van der Waals surface area (Å²) >= 11 is 0. The van der Waals surface area contributed by atoms with E-state index < -0.39 is 0 Å². The van der Waals surface area contributed by atoms with Crippen LogP contribution in [0, 0.1) is 6.92 Å². The number of aromatic nitrogens is 2. The highest BCUT2D eigenvalue weighted by atomic mass is 127. The molecule has 1 aromatic carbocycles. The molecule has 0 aliphatic heterocycles. The number of aryl methyl sites for hydroxylation is 2. The molecule has 1 aromatic heterocycles. The average molecular weight is 330 g/mol. The predicted molar refractivity (Wildman–Crippen MR) is 62.8 cm³/mol. The van der Waals surface area contributed by atoms with Crippen molar-refractivity contribution in [1.82, 2.24) is 4.57 Å². The van der Waals surface area contributed by atoms with Gasteiger partial charge < -0.3 is 24.0 Å². The van der Waals surface area contributed by atoms with Gasteiger partial charge in [0.25, 0.3) is 5.82 Å². The van der Waals surface area contributed by atoms with Crippen LogP contribution >= 0.6 is 0 Å². The van der Waals surface area contributed by atoms with Gasteiger partial charge in [0.1, 0.15) is 0 Å². The van der Waals surface area contributed by atoms with Crippen molar-refractivity contribution in [3.8, 4) is 0 Å². The van der Waals surface area contributed by atoms with Crippen LogP contribution in [0.1, 0.15) is 25.6 Å². The van der Waals surface area contributed by atoms with Gasteiger partial charge in [0.05, 0.1) is 13.6 Å². The maximum atomic E-state index is 2.42. The van der Waals surface area contributed by atoms with Gasteiger partial charge in [-0.15, -0.1) is 0 Å². The normalized spacial score (nSPS) is 10.4. The summed E-state index contributed by atoms with van der Waals surface area (Å²) in [6, 6.07) is 8.61. The Bertz CT molecular complexity index is 474. The minimum absolute atomic E-state index is 0. The molecule has 0 aliphatic carbocycles. The van der Waals surface area contributed by atoms with Gasteiger partial charge in [0.2, 0.25) is 0 Å². The summed E-state index contributed by atoms with van der Waals surface area (Å²) < 4.78 is 4.68. The van der Waals surface area contributed by atoms with Gasteiger partial charge in [-0.3, -0.25) is 0 Å².